The van der Waals surface area contributed by atoms with E-state index in [0.29, 0.717) is 6.42 Å². The number of rotatable bonds is 7. The summed E-state index contributed by atoms with van der Waals surface area (Å²) < 4.78 is 4.56. The molecule has 2 N–H and O–H groups in total. The third-order valence-electron chi connectivity index (χ3n) is 3.76. The first-order valence-electron chi connectivity index (χ1n) is 8.68. The molecular weight excluding hydrogens is 344 g/mol. The molecule has 0 saturated carbocycles. The van der Waals surface area contributed by atoms with Crippen LogP contribution in [0.3, 0.4) is 0 Å². The first-order valence-corrected chi connectivity index (χ1v) is 8.68. The summed E-state index contributed by atoms with van der Waals surface area (Å²) in [5.41, 5.74) is 5.18. The minimum absolute atomic E-state index is 0.223. The molecule has 1 atom stereocenters. The van der Waals surface area contributed by atoms with Gasteiger partial charge in [-0.1, -0.05) is 44.2 Å². The average Bonchev–Trinajstić information content (AvgIpc) is 2.68. The second-order valence-corrected chi connectivity index (χ2v) is 6.39. The van der Waals surface area contributed by atoms with Crippen LogP contribution in [0, 0.1) is 5.92 Å². The second-order valence-electron chi connectivity index (χ2n) is 6.39. The van der Waals surface area contributed by atoms with Gasteiger partial charge in [0.05, 0.1) is 19.0 Å². The fraction of sp³-hybridized carbons (Fsp3) is 0.300. The van der Waals surface area contributed by atoms with Gasteiger partial charge in [0.25, 0.3) is 5.91 Å². The molecule has 0 aliphatic carbocycles. The monoisotopic (exact) mass is 368 g/mol. The fourth-order valence-electron chi connectivity index (χ4n) is 2.43. The van der Waals surface area contributed by atoms with E-state index in [0.717, 1.165) is 16.8 Å². The smallest absolute Gasteiger partial charge is 0.407 e. The van der Waals surface area contributed by atoms with Crippen molar-refractivity contribution >= 4 is 18.2 Å². The highest BCUT2D eigenvalue weighted by molar-refractivity contribution is 5.87. The Hall–Kier alpha value is -3.22. The number of carbonyl (C=O) groups excluding carboxylic acids is 2. The van der Waals surface area contributed by atoms with Crippen LogP contribution in [0.5, 0.6) is 0 Å². The number of hydrogen-bond acceptors (Lipinski definition) is 5. The predicted molar refractivity (Wildman–Crippen MR) is 104 cm³/mol. The van der Waals surface area contributed by atoms with E-state index < -0.39 is 18.0 Å². The molecule has 7 heteroatoms. The molecule has 27 heavy (non-hydrogen) atoms. The van der Waals surface area contributed by atoms with Gasteiger partial charge in [0, 0.05) is 11.8 Å². The van der Waals surface area contributed by atoms with Gasteiger partial charge in [0.2, 0.25) is 0 Å². The normalized spacial score (nSPS) is 12.0. The molecule has 0 fully saturated rings. The molecule has 0 radical (unpaired) electrons. The molecule has 2 amide bonds. The summed E-state index contributed by atoms with van der Waals surface area (Å²) in [7, 11) is 1.26. The first kappa shape index (κ1) is 20.1. The molecule has 0 aliphatic rings. The Labute approximate surface area is 158 Å². The number of methoxy groups -OCH3 is 1. The highest BCUT2D eigenvalue weighted by atomic mass is 16.5. The van der Waals surface area contributed by atoms with Crippen molar-refractivity contribution in [3.8, 4) is 11.3 Å². The molecule has 1 aromatic carbocycles. The van der Waals surface area contributed by atoms with Crippen molar-refractivity contribution in [3.63, 3.8) is 0 Å². The quantitative estimate of drug-likeness (QED) is 0.580. The van der Waals surface area contributed by atoms with Crippen molar-refractivity contribution in [1.29, 1.82) is 0 Å². The Morgan fingerprint density at radius 2 is 1.93 bits per heavy atom. The van der Waals surface area contributed by atoms with E-state index in [-0.39, 0.29) is 5.92 Å². The lowest BCUT2D eigenvalue weighted by Gasteiger charge is -2.17. The number of nitrogens with zero attached hydrogens (tertiary/aromatic N) is 2. The van der Waals surface area contributed by atoms with Crippen molar-refractivity contribution in [3.05, 3.63) is 54.2 Å². The van der Waals surface area contributed by atoms with Gasteiger partial charge < -0.3 is 10.1 Å². The van der Waals surface area contributed by atoms with Crippen LogP contribution in [0.25, 0.3) is 11.3 Å². The lowest BCUT2D eigenvalue weighted by Crippen LogP contribution is -2.46. The molecule has 0 saturated heterocycles. The minimum atomic E-state index is -0.707. The molecule has 0 spiro atoms. The summed E-state index contributed by atoms with van der Waals surface area (Å²) in [6, 6.07) is 12.7. The van der Waals surface area contributed by atoms with Crippen molar-refractivity contribution < 1.29 is 14.3 Å². The molecule has 0 bridgehead atoms. The zero-order valence-corrected chi connectivity index (χ0v) is 15.7. The summed E-state index contributed by atoms with van der Waals surface area (Å²) >= 11 is 0. The van der Waals surface area contributed by atoms with Crippen LogP contribution >= 0.6 is 0 Å². The van der Waals surface area contributed by atoms with E-state index in [2.05, 4.69) is 25.6 Å². The maximum absolute atomic E-state index is 12.3. The van der Waals surface area contributed by atoms with Crippen LogP contribution in [0.15, 0.2) is 53.8 Å². The summed E-state index contributed by atoms with van der Waals surface area (Å²) in [5.74, 6) is -0.170. The molecular formula is C20H24N4O3. The van der Waals surface area contributed by atoms with E-state index in [1.54, 1.807) is 12.4 Å². The lowest BCUT2D eigenvalue weighted by atomic mass is 10.0. The van der Waals surface area contributed by atoms with Crippen molar-refractivity contribution in [2.75, 3.05) is 7.11 Å². The molecule has 0 aliphatic heterocycles. The number of hydrogen-bond donors (Lipinski definition) is 2. The third kappa shape index (κ3) is 6.54. The zero-order valence-electron chi connectivity index (χ0n) is 15.7. The van der Waals surface area contributed by atoms with Crippen molar-refractivity contribution in [2.45, 2.75) is 26.3 Å². The highest BCUT2D eigenvalue weighted by Crippen LogP contribution is 2.16. The second kappa shape index (κ2) is 10.1. The van der Waals surface area contributed by atoms with Crippen LogP contribution < -0.4 is 10.7 Å². The molecule has 142 valence electrons. The molecule has 1 aromatic heterocycles. The zero-order chi connectivity index (χ0) is 19.6. The predicted octanol–water partition coefficient (Wildman–Crippen LogP) is 2.97. The van der Waals surface area contributed by atoms with Crippen molar-refractivity contribution in [1.82, 2.24) is 15.7 Å². The first-order chi connectivity index (χ1) is 13.0. The Balaban J connectivity index is 1.96. The van der Waals surface area contributed by atoms with Gasteiger partial charge >= 0.3 is 6.09 Å². The van der Waals surface area contributed by atoms with Gasteiger partial charge in [-0.3, -0.25) is 9.78 Å². The topological polar surface area (TPSA) is 92.7 Å². The average molecular weight is 368 g/mol. The van der Waals surface area contributed by atoms with Gasteiger partial charge in [0.1, 0.15) is 6.04 Å². The molecule has 2 rings (SSSR count). The Bertz CT molecular complexity index is 774. The molecule has 7 nitrogen and oxygen atoms in total. The number of hydrazone groups is 1. The van der Waals surface area contributed by atoms with Crippen LogP contribution in [-0.4, -0.2) is 36.4 Å². The van der Waals surface area contributed by atoms with Gasteiger partial charge in [0.15, 0.2) is 0 Å². The number of amides is 2. The Kier molecular flexibility index (Phi) is 7.49. The summed E-state index contributed by atoms with van der Waals surface area (Å²) in [4.78, 5) is 28.0. The number of alkyl carbamates (subject to hydrolysis) is 1. The fourth-order valence-corrected chi connectivity index (χ4v) is 2.43. The summed E-state index contributed by atoms with van der Waals surface area (Å²) in [6.07, 6.45) is 3.13. The maximum Gasteiger partial charge on any atom is 0.407 e. The van der Waals surface area contributed by atoms with Crippen LogP contribution in [0.2, 0.25) is 0 Å². The van der Waals surface area contributed by atoms with Gasteiger partial charge in [-0.15, -0.1) is 0 Å². The molecule has 2 aromatic rings. The van der Waals surface area contributed by atoms with E-state index in [4.69, 9.17) is 0 Å². The summed E-state index contributed by atoms with van der Waals surface area (Å²) in [6.45, 7) is 3.93. The number of pyridine rings is 1. The SMILES string of the molecule is COC(=O)NC(CC(C)C)C(=O)NN=Cc1ccc(-c2ccccn2)cc1. The Morgan fingerprint density at radius 1 is 1.19 bits per heavy atom. The molecule has 1 unspecified atom stereocenters. The number of ether oxygens (including phenoxy) is 1. The minimum Gasteiger partial charge on any atom is -0.453 e. The Morgan fingerprint density at radius 3 is 2.52 bits per heavy atom. The lowest BCUT2D eigenvalue weighted by molar-refractivity contribution is -0.123. The van der Waals surface area contributed by atoms with Gasteiger partial charge in [-0.05, 0) is 30.0 Å². The van der Waals surface area contributed by atoms with Crippen LogP contribution in [-0.2, 0) is 9.53 Å². The van der Waals surface area contributed by atoms with Gasteiger partial charge in [-0.2, -0.15) is 5.10 Å². The molecule has 1 heterocycles. The highest BCUT2D eigenvalue weighted by Gasteiger charge is 2.21. The largest absolute Gasteiger partial charge is 0.453 e. The number of nitrogens with one attached hydrogen (secondary N) is 2. The van der Waals surface area contributed by atoms with Crippen LogP contribution in [0.1, 0.15) is 25.8 Å². The van der Waals surface area contributed by atoms with Crippen LogP contribution in [0.4, 0.5) is 4.79 Å². The maximum atomic E-state index is 12.3. The van der Waals surface area contributed by atoms with Gasteiger partial charge in [-0.25, -0.2) is 10.2 Å². The standard InChI is InChI=1S/C20H24N4O3/c1-14(2)12-18(23-20(26)27-3)19(25)24-22-13-15-7-9-16(10-8-15)17-6-4-5-11-21-17/h4-11,13-14,18H,12H2,1-3H3,(H,23,26)(H,24,25). The van der Waals surface area contributed by atoms with E-state index in [1.807, 2.05) is 56.3 Å². The van der Waals surface area contributed by atoms with E-state index >= 15 is 0 Å². The van der Waals surface area contributed by atoms with E-state index in [1.165, 1.54) is 7.11 Å². The van der Waals surface area contributed by atoms with Crippen molar-refractivity contribution in [2.24, 2.45) is 11.0 Å². The number of aromatic nitrogens is 1. The van der Waals surface area contributed by atoms with E-state index in [9.17, 15) is 9.59 Å². The third-order valence-corrected chi connectivity index (χ3v) is 3.76. The summed E-state index contributed by atoms with van der Waals surface area (Å²) in [5, 5.41) is 6.49. The number of carbonyl (C=O) groups is 2. The number of benzene rings is 1.